The first-order chi connectivity index (χ1) is 11.1. The third kappa shape index (κ3) is 3.74. The van der Waals surface area contributed by atoms with Crippen LogP contribution in [0.2, 0.25) is 0 Å². The normalized spacial score (nSPS) is 32.7. The van der Waals surface area contributed by atoms with Crippen molar-refractivity contribution in [3.63, 3.8) is 0 Å². The topological polar surface area (TPSA) is 85.9 Å². The molecule has 23 heavy (non-hydrogen) atoms. The monoisotopic (exact) mass is 324 g/mol. The Morgan fingerprint density at radius 2 is 1.96 bits per heavy atom. The highest BCUT2D eigenvalue weighted by atomic mass is 16.4. The van der Waals surface area contributed by atoms with Gasteiger partial charge in [-0.2, -0.15) is 0 Å². The Bertz CT molecular complexity index is 509. The third-order valence-corrected chi connectivity index (χ3v) is 5.23. The molecule has 0 spiro atoms. The molecule has 0 radical (unpaired) electrons. The lowest BCUT2D eigenvalue weighted by molar-refractivity contribution is 0.0249. The molecule has 130 valence electrons. The van der Waals surface area contributed by atoms with Crippen LogP contribution in [-0.2, 0) is 6.54 Å². The van der Waals surface area contributed by atoms with Crippen LogP contribution in [0.15, 0.2) is 4.42 Å². The number of hydrogen-bond acceptors (Lipinski definition) is 7. The number of aliphatic hydroxyl groups excluding tert-OH is 2. The molecule has 2 heterocycles. The Balaban J connectivity index is 1.64. The molecule has 2 aliphatic rings. The van der Waals surface area contributed by atoms with Crippen LogP contribution in [0.5, 0.6) is 0 Å². The number of hydrogen-bond donors (Lipinski definition) is 2. The van der Waals surface area contributed by atoms with Crippen LogP contribution in [0.1, 0.15) is 44.4 Å². The summed E-state index contributed by atoms with van der Waals surface area (Å²) >= 11 is 0. The molecule has 0 aromatic carbocycles. The van der Waals surface area contributed by atoms with E-state index in [1.54, 1.807) is 6.92 Å². The minimum absolute atomic E-state index is 0.0429. The number of rotatable bonds is 5. The van der Waals surface area contributed by atoms with E-state index in [1.165, 1.54) is 0 Å². The first-order valence-corrected chi connectivity index (χ1v) is 8.71. The van der Waals surface area contributed by atoms with Gasteiger partial charge in [-0.1, -0.05) is 19.8 Å². The highest BCUT2D eigenvalue weighted by Crippen LogP contribution is 2.28. The van der Waals surface area contributed by atoms with E-state index in [1.807, 2.05) is 0 Å². The zero-order valence-corrected chi connectivity index (χ0v) is 14.1. The van der Waals surface area contributed by atoms with Gasteiger partial charge >= 0.3 is 0 Å². The van der Waals surface area contributed by atoms with E-state index in [9.17, 15) is 10.2 Å². The van der Waals surface area contributed by atoms with Gasteiger partial charge in [-0.05, 0) is 19.4 Å². The second kappa shape index (κ2) is 7.25. The van der Waals surface area contributed by atoms with Gasteiger partial charge in [0.1, 0.15) is 0 Å². The fraction of sp³-hybridized carbons (Fsp3) is 0.875. The summed E-state index contributed by atoms with van der Waals surface area (Å²) < 4.78 is 5.47. The number of likely N-dealkylation sites (tertiary alicyclic amines) is 1. The van der Waals surface area contributed by atoms with Crippen molar-refractivity contribution in [3.8, 4) is 0 Å². The molecule has 4 atom stereocenters. The van der Waals surface area contributed by atoms with E-state index < -0.39 is 6.10 Å². The Hall–Kier alpha value is -1.02. The van der Waals surface area contributed by atoms with Crippen LogP contribution in [0.3, 0.4) is 0 Å². The maximum Gasteiger partial charge on any atom is 0.230 e. The van der Waals surface area contributed by atoms with E-state index in [2.05, 4.69) is 26.9 Å². The van der Waals surface area contributed by atoms with Crippen molar-refractivity contribution < 1.29 is 14.6 Å². The minimum Gasteiger partial charge on any atom is -0.424 e. The van der Waals surface area contributed by atoms with E-state index in [0.717, 1.165) is 38.8 Å². The Morgan fingerprint density at radius 1 is 1.17 bits per heavy atom. The number of likely N-dealkylation sites (N-methyl/N-ethyl adjacent to an activating group) is 1. The molecular weight excluding hydrogens is 296 g/mol. The van der Waals surface area contributed by atoms with Crippen LogP contribution in [0.25, 0.3) is 0 Å². The van der Waals surface area contributed by atoms with Crippen LogP contribution < -0.4 is 0 Å². The quantitative estimate of drug-likeness (QED) is 0.818. The lowest BCUT2D eigenvalue weighted by atomic mass is 9.91. The van der Waals surface area contributed by atoms with Gasteiger partial charge in [0.2, 0.25) is 11.8 Å². The second-order valence-corrected chi connectivity index (χ2v) is 6.79. The first-order valence-electron chi connectivity index (χ1n) is 8.71. The van der Waals surface area contributed by atoms with E-state index >= 15 is 0 Å². The summed E-state index contributed by atoms with van der Waals surface area (Å²) in [6, 6.07) is 0.231. The van der Waals surface area contributed by atoms with Crippen molar-refractivity contribution in [1.29, 1.82) is 0 Å². The van der Waals surface area contributed by atoms with Gasteiger partial charge in [0, 0.05) is 26.1 Å². The zero-order valence-electron chi connectivity index (χ0n) is 14.1. The van der Waals surface area contributed by atoms with Crippen molar-refractivity contribution >= 4 is 0 Å². The third-order valence-electron chi connectivity index (χ3n) is 5.23. The largest absolute Gasteiger partial charge is 0.424 e. The lowest BCUT2D eigenvalue weighted by Gasteiger charge is -2.35. The Kier molecular flexibility index (Phi) is 5.31. The molecule has 2 fully saturated rings. The molecule has 0 unspecified atom stereocenters. The van der Waals surface area contributed by atoms with Crippen LogP contribution in [0.4, 0.5) is 0 Å². The van der Waals surface area contributed by atoms with Crippen molar-refractivity contribution in [2.45, 2.75) is 70.4 Å². The number of aryl methyl sites for hydroxylation is 1. The summed E-state index contributed by atoms with van der Waals surface area (Å²) in [5, 5.41) is 28.7. The maximum atomic E-state index is 10.5. The lowest BCUT2D eigenvalue weighted by Crippen LogP contribution is -2.46. The zero-order chi connectivity index (χ0) is 16.4. The van der Waals surface area contributed by atoms with Crippen molar-refractivity contribution in [2.75, 3.05) is 19.6 Å². The SMILES string of the molecule is CCN(Cc1nnc(C)o1)[C@@H]1CN([C@@H]2CCCC[C@@H]2O)C[C@H]1O. The van der Waals surface area contributed by atoms with Gasteiger partial charge in [0.05, 0.1) is 24.8 Å². The summed E-state index contributed by atoms with van der Waals surface area (Å²) in [4.78, 5) is 4.45. The van der Waals surface area contributed by atoms with Gasteiger partial charge in [0.25, 0.3) is 0 Å². The Morgan fingerprint density at radius 3 is 2.61 bits per heavy atom. The fourth-order valence-electron chi connectivity index (χ4n) is 3.98. The van der Waals surface area contributed by atoms with Crippen molar-refractivity contribution in [2.24, 2.45) is 0 Å². The Labute approximate surface area is 137 Å². The molecule has 7 nitrogen and oxygen atoms in total. The number of β-amino-alcohol motifs (C(OH)–C–C–N with tert-alkyl or cyclic N) is 1. The van der Waals surface area contributed by atoms with Gasteiger partial charge < -0.3 is 14.6 Å². The summed E-state index contributed by atoms with van der Waals surface area (Å²) in [6.45, 7) is 6.64. The van der Waals surface area contributed by atoms with E-state index in [-0.39, 0.29) is 18.2 Å². The number of aromatic nitrogens is 2. The predicted molar refractivity (Wildman–Crippen MR) is 84.7 cm³/mol. The van der Waals surface area contributed by atoms with Crippen LogP contribution in [-0.4, -0.2) is 74.1 Å². The molecule has 1 aromatic heterocycles. The van der Waals surface area contributed by atoms with Crippen LogP contribution in [0, 0.1) is 6.92 Å². The maximum absolute atomic E-state index is 10.5. The van der Waals surface area contributed by atoms with E-state index in [0.29, 0.717) is 24.9 Å². The smallest absolute Gasteiger partial charge is 0.230 e. The van der Waals surface area contributed by atoms with Crippen molar-refractivity contribution in [3.05, 3.63) is 11.8 Å². The summed E-state index contributed by atoms with van der Waals surface area (Å²) in [5.41, 5.74) is 0. The average Bonchev–Trinajstić information content (AvgIpc) is 3.11. The average molecular weight is 324 g/mol. The molecule has 7 heteroatoms. The van der Waals surface area contributed by atoms with Gasteiger partial charge in [-0.25, -0.2) is 0 Å². The molecule has 1 aromatic rings. The molecular formula is C16H28N4O3. The minimum atomic E-state index is -0.409. The molecule has 1 saturated heterocycles. The van der Waals surface area contributed by atoms with Gasteiger partial charge in [-0.3, -0.25) is 9.80 Å². The number of aliphatic hydroxyl groups is 2. The summed E-state index contributed by atoms with van der Waals surface area (Å²) in [7, 11) is 0. The van der Waals surface area contributed by atoms with Gasteiger partial charge in [0.15, 0.2) is 0 Å². The highest BCUT2D eigenvalue weighted by Gasteiger charge is 2.40. The van der Waals surface area contributed by atoms with E-state index in [4.69, 9.17) is 4.42 Å². The van der Waals surface area contributed by atoms with Crippen LogP contribution >= 0.6 is 0 Å². The predicted octanol–water partition coefficient (Wildman–Crippen LogP) is 0.549. The van der Waals surface area contributed by atoms with Gasteiger partial charge in [-0.15, -0.1) is 10.2 Å². The fourth-order valence-corrected chi connectivity index (χ4v) is 3.98. The standard InChI is InChI=1S/C16H28N4O3/c1-3-19(10-16-18-17-11(2)23-16)13-8-20(9-15(13)22)12-6-4-5-7-14(12)21/h12-15,21-22H,3-10H2,1-2H3/t12-,13-,14+,15-/m1/s1. The molecule has 0 bridgehead atoms. The highest BCUT2D eigenvalue weighted by molar-refractivity contribution is 4.97. The molecule has 1 saturated carbocycles. The molecule has 1 aliphatic carbocycles. The second-order valence-electron chi connectivity index (χ2n) is 6.79. The summed E-state index contributed by atoms with van der Waals surface area (Å²) in [5.74, 6) is 1.16. The molecule has 0 amide bonds. The van der Waals surface area contributed by atoms with Crippen molar-refractivity contribution in [1.82, 2.24) is 20.0 Å². The molecule has 3 rings (SSSR count). The first kappa shape index (κ1) is 16.8. The molecule has 2 N–H and O–H groups in total. The summed E-state index contributed by atoms with van der Waals surface area (Å²) in [6.07, 6.45) is 3.50. The molecule has 1 aliphatic heterocycles. The number of nitrogens with zero attached hydrogens (tertiary/aromatic N) is 4.